The van der Waals surface area contributed by atoms with Gasteiger partial charge in [0.25, 0.3) is 5.91 Å². The third kappa shape index (κ3) is 3.92. The highest BCUT2D eigenvalue weighted by Gasteiger charge is 2.23. The number of likely N-dealkylation sites (tertiary alicyclic amines) is 1. The second-order valence-electron chi connectivity index (χ2n) is 6.33. The van der Waals surface area contributed by atoms with E-state index < -0.39 is 0 Å². The van der Waals surface area contributed by atoms with Crippen LogP contribution < -0.4 is 5.32 Å². The molecule has 2 heterocycles. The maximum absolute atomic E-state index is 12.3. The molecule has 5 nitrogen and oxygen atoms in total. The van der Waals surface area contributed by atoms with Crippen LogP contribution in [0.25, 0.3) is 0 Å². The first kappa shape index (κ1) is 16.5. The Kier molecular flexibility index (Phi) is 5.11. The molecule has 126 valence electrons. The van der Waals surface area contributed by atoms with Gasteiger partial charge < -0.3 is 10.4 Å². The topological polar surface area (TPSA) is 65.5 Å². The van der Waals surface area contributed by atoms with Crippen molar-refractivity contribution >= 4 is 5.91 Å². The Morgan fingerprint density at radius 3 is 2.67 bits per heavy atom. The summed E-state index contributed by atoms with van der Waals surface area (Å²) in [5, 5.41) is 13.0. The Hall–Kier alpha value is -2.40. The van der Waals surface area contributed by atoms with Gasteiger partial charge in [0, 0.05) is 31.9 Å². The number of nitrogens with one attached hydrogen (secondary N) is 1. The van der Waals surface area contributed by atoms with Crippen molar-refractivity contribution in [1.82, 2.24) is 15.2 Å². The summed E-state index contributed by atoms with van der Waals surface area (Å²) in [6.45, 7) is 4.61. The van der Waals surface area contributed by atoms with Crippen LogP contribution in [0.5, 0.6) is 5.75 Å². The molecule has 1 amide bonds. The fourth-order valence-electron chi connectivity index (χ4n) is 3.05. The molecule has 1 aliphatic rings. The molecule has 0 aliphatic carbocycles. The lowest BCUT2D eigenvalue weighted by molar-refractivity contribution is 0.0900. The third-order valence-electron chi connectivity index (χ3n) is 4.51. The number of hydrogen-bond donors (Lipinski definition) is 2. The summed E-state index contributed by atoms with van der Waals surface area (Å²) in [6.07, 6.45) is 3.36. The number of carbonyl (C=O) groups excluding carboxylic acids is 1. The van der Waals surface area contributed by atoms with Crippen LogP contribution >= 0.6 is 0 Å². The molecule has 0 bridgehead atoms. The summed E-state index contributed by atoms with van der Waals surface area (Å²) in [5.41, 5.74) is 2.09. The van der Waals surface area contributed by atoms with Gasteiger partial charge in [-0.1, -0.05) is 30.3 Å². The Bertz CT molecular complexity index is 695. The molecular formula is C19H23N3O2. The predicted octanol–water partition coefficient (Wildman–Crippen LogP) is 2.49. The Labute approximate surface area is 142 Å². The van der Waals surface area contributed by atoms with Gasteiger partial charge in [-0.15, -0.1) is 0 Å². The third-order valence-corrected chi connectivity index (χ3v) is 4.51. The maximum atomic E-state index is 12.3. The minimum Gasteiger partial charge on any atom is -0.505 e. The number of amides is 1. The van der Waals surface area contributed by atoms with Crippen LogP contribution in [0, 0.1) is 6.92 Å². The van der Waals surface area contributed by atoms with Gasteiger partial charge in [0.15, 0.2) is 5.69 Å². The first-order chi connectivity index (χ1) is 11.6. The molecule has 0 spiro atoms. The lowest BCUT2D eigenvalue weighted by Gasteiger charge is -2.32. The van der Waals surface area contributed by atoms with Gasteiger partial charge in [0.05, 0.1) is 0 Å². The highest BCUT2D eigenvalue weighted by molar-refractivity contribution is 5.95. The summed E-state index contributed by atoms with van der Waals surface area (Å²) in [7, 11) is 0. The first-order valence-electron chi connectivity index (χ1n) is 8.35. The van der Waals surface area contributed by atoms with Crippen molar-refractivity contribution in [3.05, 3.63) is 59.4 Å². The average molecular weight is 325 g/mol. The van der Waals surface area contributed by atoms with E-state index in [1.165, 1.54) is 5.56 Å². The number of nitrogens with zero attached hydrogens (tertiary/aromatic N) is 2. The monoisotopic (exact) mass is 325 g/mol. The van der Waals surface area contributed by atoms with Gasteiger partial charge in [-0.25, -0.2) is 4.98 Å². The normalized spacial score (nSPS) is 16.0. The summed E-state index contributed by atoms with van der Waals surface area (Å²) in [6, 6.07) is 12.2. The van der Waals surface area contributed by atoms with Gasteiger partial charge >= 0.3 is 0 Å². The van der Waals surface area contributed by atoms with Crippen molar-refractivity contribution < 1.29 is 9.90 Å². The Balaban J connectivity index is 1.52. The molecule has 2 aromatic rings. The summed E-state index contributed by atoms with van der Waals surface area (Å²) in [4.78, 5) is 18.7. The van der Waals surface area contributed by atoms with Gasteiger partial charge in [0.2, 0.25) is 0 Å². The number of benzene rings is 1. The average Bonchev–Trinajstić information content (AvgIpc) is 2.60. The zero-order valence-electron chi connectivity index (χ0n) is 13.9. The van der Waals surface area contributed by atoms with Gasteiger partial charge in [0.1, 0.15) is 5.75 Å². The minimum atomic E-state index is -0.294. The van der Waals surface area contributed by atoms with Gasteiger partial charge in [-0.2, -0.15) is 0 Å². The number of piperidine rings is 1. The highest BCUT2D eigenvalue weighted by Crippen LogP contribution is 2.20. The largest absolute Gasteiger partial charge is 0.505 e. The van der Waals surface area contributed by atoms with Crippen LogP contribution in [-0.2, 0) is 6.54 Å². The van der Waals surface area contributed by atoms with Crippen molar-refractivity contribution in [3.63, 3.8) is 0 Å². The molecule has 2 N–H and O–H groups in total. The van der Waals surface area contributed by atoms with Crippen LogP contribution in [0.1, 0.15) is 34.5 Å². The molecule has 1 aromatic heterocycles. The van der Waals surface area contributed by atoms with E-state index in [1.54, 1.807) is 19.2 Å². The molecule has 24 heavy (non-hydrogen) atoms. The molecule has 5 heteroatoms. The lowest BCUT2D eigenvalue weighted by Crippen LogP contribution is -2.44. The van der Waals surface area contributed by atoms with Gasteiger partial charge in [-0.3, -0.25) is 9.69 Å². The summed E-state index contributed by atoms with van der Waals surface area (Å²) < 4.78 is 0. The van der Waals surface area contributed by atoms with Crippen molar-refractivity contribution in [1.29, 1.82) is 0 Å². The van der Waals surface area contributed by atoms with Crippen molar-refractivity contribution in [2.45, 2.75) is 32.4 Å². The smallest absolute Gasteiger partial charge is 0.273 e. The lowest BCUT2D eigenvalue weighted by atomic mass is 10.0. The zero-order chi connectivity index (χ0) is 16.9. The number of aromatic hydroxyl groups is 1. The molecule has 0 saturated carbocycles. The molecule has 0 atom stereocenters. The first-order valence-corrected chi connectivity index (χ1v) is 8.35. The number of rotatable bonds is 4. The fraction of sp³-hybridized carbons (Fsp3) is 0.368. The molecule has 3 rings (SSSR count). The maximum Gasteiger partial charge on any atom is 0.273 e. The van der Waals surface area contributed by atoms with Crippen LogP contribution in [0.2, 0.25) is 0 Å². The molecule has 1 saturated heterocycles. The second-order valence-corrected chi connectivity index (χ2v) is 6.33. The highest BCUT2D eigenvalue weighted by atomic mass is 16.3. The van der Waals surface area contributed by atoms with Crippen LogP contribution in [-0.4, -0.2) is 40.0 Å². The van der Waals surface area contributed by atoms with Crippen LogP contribution in [0.3, 0.4) is 0 Å². The Morgan fingerprint density at radius 1 is 1.25 bits per heavy atom. The number of hydrogen-bond acceptors (Lipinski definition) is 4. The SMILES string of the molecule is Cc1ccnc(C(=O)NC2CCN(Cc3ccccc3)CC2)c1O. The number of carbonyl (C=O) groups is 1. The van der Waals surface area contributed by atoms with Crippen molar-refractivity contribution in [2.24, 2.45) is 0 Å². The van der Waals surface area contributed by atoms with E-state index in [9.17, 15) is 9.90 Å². The standard InChI is InChI=1S/C19H23N3O2/c1-14-7-10-20-17(18(14)23)19(24)21-16-8-11-22(12-9-16)13-15-5-3-2-4-6-15/h2-7,10,16,23H,8-9,11-13H2,1H3,(H,21,24). The fourth-order valence-corrected chi connectivity index (χ4v) is 3.05. The van der Waals surface area contributed by atoms with E-state index in [4.69, 9.17) is 0 Å². The van der Waals surface area contributed by atoms with E-state index in [-0.39, 0.29) is 23.4 Å². The van der Waals surface area contributed by atoms with Gasteiger partial charge in [-0.05, 0) is 37.0 Å². The molecule has 1 fully saturated rings. The molecule has 1 aliphatic heterocycles. The summed E-state index contributed by atoms with van der Waals surface area (Å²) >= 11 is 0. The molecule has 0 unspecified atom stereocenters. The summed E-state index contributed by atoms with van der Waals surface area (Å²) in [5.74, 6) is -0.325. The second kappa shape index (κ2) is 7.45. The van der Waals surface area contributed by atoms with E-state index in [0.29, 0.717) is 5.56 Å². The Morgan fingerprint density at radius 2 is 1.96 bits per heavy atom. The molecule has 1 aromatic carbocycles. The van der Waals surface area contributed by atoms with Crippen LogP contribution in [0.15, 0.2) is 42.6 Å². The van der Waals surface area contributed by atoms with E-state index >= 15 is 0 Å². The number of aromatic nitrogens is 1. The van der Waals surface area contributed by atoms with Crippen molar-refractivity contribution in [2.75, 3.05) is 13.1 Å². The molecule has 0 radical (unpaired) electrons. The molecular weight excluding hydrogens is 302 g/mol. The minimum absolute atomic E-state index is 0.0310. The number of pyridine rings is 1. The quantitative estimate of drug-likeness (QED) is 0.906. The number of aryl methyl sites for hydroxylation is 1. The van der Waals surface area contributed by atoms with E-state index in [0.717, 1.165) is 32.5 Å². The van der Waals surface area contributed by atoms with Crippen molar-refractivity contribution in [3.8, 4) is 5.75 Å². The zero-order valence-corrected chi connectivity index (χ0v) is 13.9. The van der Waals surface area contributed by atoms with E-state index in [1.807, 2.05) is 6.07 Å². The van der Waals surface area contributed by atoms with E-state index in [2.05, 4.69) is 39.5 Å². The van der Waals surface area contributed by atoms with Crippen LogP contribution in [0.4, 0.5) is 0 Å². The predicted molar refractivity (Wildman–Crippen MR) is 92.8 cm³/mol.